The van der Waals surface area contributed by atoms with Crippen molar-refractivity contribution < 1.29 is 28.4 Å². The molecule has 2 saturated heterocycles. The summed E-state index contributed by atoms with van der Waals surface area (Å²) >= 11 is 0. The third-order valence-corrected chi connectivity index (χ3v) is 5.41. The van der Waals surface area contributed by atoms with E-state index in [0.717, 1.165) is 6.42 Å². The molecule has 6 nitrogen and oxygen atoms in total. The van der Waals surface area contributed by atoms with Crippen molar-refractivity contribution in [3.63, 3.8) is 0 Å². The highest BCUT2D eigenvalue weighted by atomic mass is 31.2. The first-order chi connectivity index (χ1) is 10.3. The Kier molecular flexibility index (Phi) is 6.48. The maximum Gasteiger partial charge on any atom is 0.115 e. The quantitative estimate of drug-likeness (QED) is 0.713. The highest BCUT2D eigenvalue weighted by Gasteiger charge is 2.37. The molecule has 0 spiro atoms. The minimum absolute atomic E-state index is 0.0640. The van der Waals surface area contributed by atoms with Gasteiger partial charge < -0.3 is 28.4 Å². The lowest BCUT2D eigenvalue weighted by molar-refractivity contribution is -0.0294. The lowest BCUT2D eigenvalue weighted by Crippen LogP contribution is -2.29. The van der Waals surface area contributed by atoms with Crippen LogP contribution in [0.4, 0.5) is 0 Å². The molecule has 130 valence electrons. The minimum Gasteiger partial charge on any atom is -0.390 e. The number of methoxy groups -OCH3 is 1. The Morgan fingerprint density at radius 2 is 1.77 bits per heavy atom. The van der Waals surface area contributed by atoms with E-state index in [2.05, 4.69) is 6.30 Å². The van der Waals surface area contributed by atoms with Gasteiger partial charge in [-0.25, -0.2) is 0 Å². The molecule has 2 aliphatic heterocycles. The van der Waals surface area contributed by atoms with E-state index in [-0.39, 0.29) is 30.5 Å². The summed E-state index contributed by atoms with van der Waals surface area (Å²) in [4.78, 5) is 0. The number of hydrogen-bond donors (Lipinski definition) is 1. The molecule has 7 atom stereocenters. The van der Waals surface area contributed by atoms with Crippen LogP contribution < -0.4 is 0 Å². The van der Waals surface area contributed by atoms with Crippen molar-refractivity contribution in [3.05, 3.63) is 0 Å². The van der Waals surface area contributed by atoms with Crippen molar-refractivity contribution in [3.8, 4) is 0 Å². The van der Waals surface area contributed by atoms with Crippen LogP contribution in [0.1, 0.15) is 26.7 Å². The second kappa shape index (κ2) is 7.75. The average molecular weight is 336 g/mol. The van der Waals surface area contributed by atoms with Gasteiger partial charge in [0.25, 0.3) is 0 Å². The number of ether oxygens (including phenoxy) is 3. The molecule has 7 heteroatoms. The lowest BCUT2D eigenvalue weighted by Gasteiger charge is -2.28. The van der Waals surface area contributed by atoms with E-state index in [0.29, 0.717) is 19.6 Å². The smallest absolute Gasteiger partial charge is 0.115 e. The third-order valence-electron chi connectivity index (χ3n) is 4.00. The molecule has 1 N–H and O–H groups in total. The molecular weight excluding hydrogens is 307 g/mol. The highest BCUT2D eigenvalue weighted by Crippen LogP contribution is 2.47. The maximum absolute atomic E-state index is 9.90. The largest absolute Gasteiger partial charge is 0.390 e. The van der Waals surface area contributed by atoms with E-state index in [1.807, 2.05) is 20.5 Å². The fraction of sp³-hybridized carbons (Fsp3) is 0.933. The maximum atomic E-state index is 9.90. The third kappa shape index (κ3) is 5.03. The molecule has 0 aromatic rings. The summed E-state index contributed by atoms with van der Waals surface area (Å²) in [6, 6.07) is 0. The summed E-state index contributed by atoms with van der Waals surface area (Å²) in [7, 11) is -0.603. The van der Waals surface area contributed by atoms with Gasteiger partial charge >= 0.3 is 0 Å². The van der Waals surface area contributed by atoms with Crippen molar-refractivity contribution >= 4 is 13.6 Å². The Morgan fingerprint density at radius 3 is 2.36 bits per heavy atom. The zero-order valence-electron chi connectivity index (χ0n) is 13.9. The predicted molar refractivity (Wildman–Crippen MR) is 86.6 cm³/mol. The molecular formula is C15H29O6P. The van der Waals surface area contributed by atoms with Gasteiger partial charge in [0.1, 0.15) is 19.5 Å². The fourth-order valence-electron chi connectivity index (χ4n) is 2.98. The van der Waals surface area contributed by atoms with Gasteiger partial charge in [0.05, 0.1) is 37.6 Å². The molecule has 0 amide bonds. The van der Waals surface area contributed by atoms with E-state index >= 15 is 0 Å². The molecule has 22 heavy (non-hydrogen) atoms. The van der Waals surface area contributed by atoms with Gasteiger partial charge in [-0.05, 0) is 13.8 Å². The van der Waals surface area contributed by atoms with E-state index in [4.69, 9.17) is 23.3 Å². The van der Waals surface area contributed by atoms with Crippen LogP contribution in [0.25, 0.3) is 0 Å². The van der Waals surface area contributed by atoms with Crippen LogP contribution in [0.5, 0.6) is 0 Å². The summed E-state index contributed by atoms with van der Waals surface area (Å²) in [5.41, 5.74) is 0. The van der Waals surface area contributed by atoms with Gasteiger partial charge in [0.2, 0.25) is 0 Å². The molecule has 2 aliphatic rings. The molecule has 0 radical (unpaired) electrons. The molecule has 0 aromatic heterocycles. The Balaban J connectivity index is 1.83. The monoisotopic (exact) mass is 336 g/mol. The van der Waals surface area contributed by atoms with Gasteiger partial charge in [-0.2, -0.15) is 0 Å². The van der Waals surface area contributed by atoms with Crippen LogP contribution in [-0.2, 0) is 23.3 Å². The molecule has 3 unspecified atom stereocenters. The van der Waals surface area contributed by atoms with Crippen LogP contribution in [-0.4, -0.2) is 75.0 Å². The van der Waals surface area contributed by atoms with Gasteiger partial charge in [-0.15, -0.1) is 0 Å². The Morgan fingerprint density at radius 1 is 1.14 bits per heavy atom. The molecule has 0 aromatic carbocycles. The van der Waals surface area contributed by atoms with E-state index in [9.17, 15) is 5.11 Å². The molecule has 0 bridgehead atoms. The lowest BCUT2D eigenvalue weighted by atomic mass is 10.1. The van der Waals surface area contributed by atoms with Gasteiger partial charge in [-0.3, -0.25) is 0 Å². The topological polar surface area (TPSA) is 66.4 Å². The Bertz CT molecular complexity index is 403. The van der Waals surface area contributed by atoms with Crippen molar-refractivity contribution in [1.82, 2.24) is 0 Å². The van der Waals surface area contributed by atoms with Crippen molar-refractivity contribution in [2.24, 2.45) is 0 Å². The summed E-state index contributed by atoms with van der Waals surface area (Å²) in [6.45, 7) is 6.65. The van der Waals surface area contributed by atoms with Gasteiger partial charge in [0.15, 0.2) is 0 Å². The Labute approximate surface area is 133 Å². The first kappa shape index (κ1) is 18.4. The molecule has 2 heterocycles. The van der Waals surface area contributed by atoms with Crippen molar-refractivity contribution in [2.75, 3.05) is 27.0 Å². The predicted octanol–water partition coefficient (Wildman–Crippen LogP) is 1.66. The second-order valence-electron chi connectivity index (χ2n) is 6.42. The van der Waals surface area contributed by atoms with Crippen LogP contribution in [0.3, 0.4) is 0 Å². The summed E-state index contributed by atoms with van der Waals surface area (Å²) in [6.07, 6.45) is 4.82. The number of rotatable bonds is 7. The van der Waals surface area contributed by atoms with Crippen LogP contribution in [0, 0.1) is 0 Å². The Hall–Kier alpha value is 0.0600. The SMILES string of the molecule is C=P(C)(OC[C@H]1O[C@@H](C)CC1O)OC1C[C@H](C)O[C@@H]1COC. The summed E-state index contributed by atoms with van der Waals surface area (Å²) < 4.78 is 28.5. The van der Waals surface area contributed by atoms with Crippen LogP contribution >= 0.6 is 7.34 Å². The number of aliphatic hydroxyl groups excluding tert-OH is 1. The first-order valence-electron chi connectivity index (χ1n) is 7.82. The van der Waals surface area contributed by atoms with Crippen LogP contribution in [0.2, 0.25) is 0 Å². The molecule has 0 aliphatic carbocycles. The normalized spacial score (nSPS) is 41.7. The van der Waals surface area contributed by atoms with Gasteiger partial charge in [-0.1, -0.05) is 6.30 Å². The standard InChI is InChI=1S/C15H29O6P/c1-10-6-12(16)14(19-10)9-18-22(4,5)21-13-7-11(2)20-15(13)8-17-3/h10-16H,4,6-9H2,1-3,5H3/t10-,11-,12?,13?,14+,15+,22?/m0/s1. The second-order valence-corrected chi connectivity index (χ2v) is 8.92. The van der Waals surface area contributed by atoms with Gasteiger partial charge in [0, 0.05) is 26.6 Å². The first-order valence-corrected chi connectivity index (χ1v) is 10.1. The van der Waals surface area contributed by atoms with E-state index in [1.165, 1.54) is 0 Å². The van der Waals surface area contributed by atoms with E-state index in [1.54, 1.807) is 7.11 Å². The number of aliphatic hydroxyl groups is 1. The van der Waals surface area contributed by atoms with E-state index < -0.39 is 13.4 Å². The van der Waals surface area contributed by atoms with Crippen molar-refractivity contribution in [1.29, 1.82) is 0 Å². The van der Waals surface area contributed by atoms with Crippen molar-refractivity contribution in [2.45, 2.75) is 63.3 Å². The average Bonchev–Trinajstić information content (AvgIpc) is 2.90. The molecule has 2 fully saturated rings. The molecule has 0 saturated carbocycles. The summed E-state index contributed by atoms with van der Waals surface area (Å²) in [5.74, 6) is 0. The highest BCUT2D eigenvalue weighted by molar-refractivity contribution is 7.63. The minimum atomic E-state index is -2.25. The fourth-order valence-corrected chi connectivity index (χ4v) is 4.29. The number of hydrogen-bond acceptors (Lipinski definition) is 6. The zero-order valence-corrected chi connectivity index (χ0v) is 14.8. The molecule has 2 rings (SSSR count). The summed E-state index contributed by atoms with van der Waals surface area (Å²) in [5, 5.41) is 9.90. The zero-order chi connectivity index (χ0) is 16.3. The van der Waals surface area contributed by atoms with Crippen LogP contribution in [0.15, 0.2) is 0 Å².